The van der Waals surface area contributed by atoms with E-state index in [1.54, 1.807) is 13.8 Å². The third-order valence-corrected chi connectivity index (χ3v) is 6.13. The first-order chi connectivity index (χ1) is 19.5. The molecule has 6 unspecified atom stereocenters. The van der Waals surface area contributed by atoms with Crippen molar-refractivity contribution in [3.05, 3.63) is 0 Å². The molecule has 240 valence electrons. The predicted molar refractivity (Wildman–Crippen MR) is 139 cm³/mol. The first kappa shape index (κ1) is 36.7. The van der Waals surface area contributed by atoms with Crippen LogP contribution in [-0.4, -0.2) is 109 Å². The third-order valence-electron chi connectivity index (χ3n) is 6.13. The maximum absolute atomic E-state index is 11.3. The molecule has 2 fully saturated rings. The molecule has 0 aromatic rings. The highest BCUT2D eigenvalue weighted by Crippen LogP contribution is 2.30. The van der Waals surface area contributed by atoms with Gasteiger partial charge in [-0.2, -0.15) is 0 Å². The summed E-state index contributed by atoms with van der Waals surface area (Å²) in [7, 11) is 0. The van der Waals surface area contributed by atoms with Gasteiger partial charge < -0.3 is 43.0 Å². The Bertz CT molecular complexity index is 889. The minimum Gasteiger partial charge on any atom is -0.456 e. The number of hydrogen-bond donors (Lipinski definition) is 1. The fourth-order valence-electron chi connectivity index (χ4n) is 4.70. The number of rotatable bonds is 8. The summed E-state index contributed by atoms with van der Waals surface area (Å²) in [5.74, 6) is -3.43. The van der Waals surface area contributed by atoms with E-state index in [0.29, 0.717) is 6.42 Å². The van der Waals surface area contributed by atoms with Crippen molar-refractivity contribution in [1.29, 1.82) is 0 Å². The van der Waals surface area contributed by atoms with Crippen LogP contribution in [0.5, 0.6) is 0 Å². The number of hydrogen-bond acceptors (Lipinski definition) is 15. The monoisotopic (exact) mass is 606 g/mol. The first-order valence-electron chi connectivity index (χ1n) is 13.5. The van der Waals surface area contributed by atoms with Gasteiger partial charge in [-0.25, -0.2) is 0 Å². The third kappa shape index (κ3) is 11.2. The Morgan fingerprint density at radius 1 is 0.500 bits per heavy atom. The number of carbonyl (C=O) groups excluding carboxylic acids is 6. The lowest BCUT2D eigenvalue weighted by atomic mass is 9.93. The second-order valence-electron chi connectivity index (χ2n) is 9.79. The van der Waals surface area contributed by atoms with Crippen LogP contribution < -0.4 is 0 Å². The number of carbonyl (C=O) groups is 6. The lowest BCUT2D eigenvalue weighted by Crippen LogP contribution is -2.61. The zero-order valence-electron chi connectivity index (χ0n) is 25.4. The van der Waals surface area contributed by atoms with E-state index in [9.17, 15) is 33.9 Å². The molecular formula is C27H42O15. The van der Waals surface area contributed by atoms with E-state index in [1.165, 1.54) is 41.5 Å². The fraction of sp³-hybridized carbons (Fsp3) is 0.778. The molecule has 0 spiro atoms. The molecule has 15 heteroatoms. The van der Waals surface area contributed by atoms with Gasteiger partial charge in [0.05, 0.1) is 24.9 Å². The van der Waals surface area contributed by atoms with Crippen molar-refractivity contribution in [3.63, 3.8) is 0 Å². The van der Waals surface area contributed by atoms with Crippen LogP contribution in [0.4, 0.5) is 0 Å². The Balaban J connectivity index is 0.000000420. The van der Waals surface area contributed by atoms with Crippen LogP contribution in [0.25, 0.3) is 0 Å². The van der Waals surface area contributed by atoms with Crippen molar-refractivity contribution in [2.45, 2.75) is 130 Å². The van der Waals surface area contributed by atoms with Crippen molar-refractivity contribution in [2.75, 3.05) is 6.61 Å². The molecule has 2 aliphatic rings. The summed E-state index contributed by atoms with van der Waals surface area (Å²) in [6.45, 7) is 12.1. The van der Waals surface area contributed by atoms with E-state index in [0.717, 1.165) is 0 Å². The van der Waals surface area contributed by atoms with Crippen LogP contribution >= 0.6 is 0 Å². The lowest BCUT2D eigenvalue weighted by molar-refractivity contribution is -0.248. The molecular weight excluding hydrogens is 564 g/mol. The van der Waals surface area contributed by atoms with Crippen LogP contribution in [0.3, 0.4) is 0 Å². The van der Waals surface area contributed by atoms with Crippen molar-refractivity contribution in [3.8, 4) is 0 Å². The summed E-state index contributed by atoms with van der Waals surface area (Å²) >= 11 is 0. The van der Waals surface area contributed by atoms with E-state index >= 15 is 0 Å². The number of aliphatic hydroxyl groups excluding tert-OH is 1. The SMILES string of the molecule is CC(=O)OC1[C@H](OC(C)=O)C(C)OC(CO)[C@@H]1OC(C)=O.CCC1OC(C)[C@@H](OC(C)=O)C(OC(C)=O)[C@H]1OC(C)=O. The number of aliphatic hydroxyl groups is 1. The van der Waals surface area contributed by atoms with Crippen LogP contribution in [0.2, 0.25) is 0 Å². The highest BCUT2D eigenvalue weighted by atomic mass is 16.7. The van der Waals surface area contributed by atoms with Crippen LogP contribution in [0.15, 0.2) is 0 Å². The highest BCUT2D eigenvalue weighted by molar-refractivity contribution is 5.69. The zero-order valence-corrected chi connectivity index (χ0v) is 25.4. The molecule has 10 atom stereocenters. The summed E-state index contributed by atoms with van der Waals surface area (Å²) in [4.78, 5) is 67.5. The average molecular weight is 607 g/mol. The maximum Gasteiger partial charge on any atom is 0.303 e. The minimum absolute atomic E-state index is 0.431. The Morgan fingerprint density at radius 2 is 0.762 bits per heavy atom. The van der Waals surface area contributed by atoms with Crippen LogP contribution in [0.1, 0.15) is 68.7 Å². The first-order valence-corrected chi connectivity index (χ1v) is 13.5. The van der Waals surface area contributed by atoms with Gasteiger partial charge in [-0.1, -0.05) is 6.92 Å². The van der Waals surface area contributed by atoms with E-state index in [1.807, 2.05) is 6.92 Å². The van der Waals surface area contributed by atoms with Crippen LogP contribution in [-0.2, 0) is 66.7 Å². The van der Waals surface area contributed by atoms with E-state index in [4.69, 9.17) is 37.9 Å². The molecule has 1 N–H and O–H groups in total. The maximum atomic E-state index is 11.3. The topological polar surface area (TPSA) is 196 Å². The Morgan fingerprint density at radius 3 is 1.05 bits per heavy atom. The summed E-state index contributed by atoms with van der Waals surface area (Å²) in [5.41, 5.74) is 0. The summed E-state index contributed by atoms with van der Waals surface area (Å²) in [5, 5.41) is 9.35. The molecule has 0 aromatic heterocycles. The van der Waals surface area contributed by atoms with E-state index in [-0.39, 0.29) is 0 Å². The van der Waals surface area contributed by atoms with Gasteiger partial charge >= 0.3 is 35.8 Å². The molecule has 0 amide bonds. The van der Waals surface area contributed by atoms with Gasteiger partial charge in [-0.3, -0.25) is 28.8 Å². The quantitative estimate of drug-likeness (QED) is 0.297. The second-order valence-corrected chi connectivity index (χ2v) is 9.79. The number of ether oxygens (including phenoxy) is 8. The molecule has 0 aliphatic carbocycles. The Kier molecular flexibility index (Phi) is 14.8. The summed E-state index contributed by atoms with van der Waals surface area (Å²) < 4.78 is 42.2. The van der Waals surface area contributed by atoms with Crippen molar-refractivity contribution in [2.24, 2.45) is 0 Å². The Labute approximate surface area is 244 Å². The summed E-state index contributed by atoms with van der Waals surface area (Å²) in [6, 6.07) is 0. The van der Waals surface area contributed by atoms with Crippen LogP contribution in [0, 0.1) is 0 Å². The van der Waals surface area contributed by atoms with Gasteiger partial charge in [-0.05, 0) is 20.3 Å². The van der Waals surface area contributed by atoms with Gasteiger partial charge in [0, 0.05) is 41.5 Å². The predicted octanol–water partition coefficient (Wildman–Crippen LogP) is 0.540. The molecule has 15 nitrogen and oxygen atoms in total. The highest BCUT2D eigenvalue weighted by Gasteiger charge is 2.51. The molecule has 0 radical (unpaired) electrons. The average Bonchev–Trinajstić information content (AvgIpc) is 2.85. The van der Waals surface area contributed by atoms with Crippen molar-refractivity contribution >= 4 is 35.8 Å². The molecule has 0 aromatic carbocycles. The fourth-order valence-corrected chi connectivity index (χ4v) is 4.70. The molecule has 0 bridgehead atoms. The van der Waals surface area contributed by atoms with E-state index in [2.05, 4.69) is 0 Å². The van der Waals surface area contributed by atoms with Gasteiger partial charge in [0.2, 0.25) is 0 Å². The molecule has 2 saturated heterocycles. The smallest absolute Gasteiger partial charge is 0.303 e. The molecule has 0 saturated carbocycles. The minimum atomic E-state index is -1.06. The normalized spacial score (nSPS) is 32.1. The van der Waals surface area contributed by atoms with Gasteiger partial charge in [0.1, 0.15) is 6.10 Å². The van der Waals surface area contributed by atoms with Gasteiger partial charge in [0.15, 0.2) is 36.6 Å². The largest absolute Gasteiger partial charge is 0.456 e. The molecule has 2 aliphatic heterocycles. The van der Waals surface area contributed by atoms with Crippen molar-refractivity contribution in [1.82, 2.24) is 0 Å². The van der Waals surface area contributed by atoms with Crippen molar-refractivity contribution < 1.29 is 71.8 Å². The Hall–Kier alpha value is -3.30. The molecule has 2 rings (SSSR count). The second kappa shape index (κ2) is 17.0. The standard InChI is InChI=1S/C14H22O7.C13H20O8/c1-6-11-13(20-9(4)16)14(21-10(5)17)12(7(2)18-11)19-8(3)15;1-6-11(19-7(2)15)13(21-9(4)17)12(20-8(3)16)10(5-14)18-6/h7,11-14H,6H2,1-5H3;6,10-14H,5H2,1-4H3/t7?,11?,12-,13+,14?;6?,10?,11-,12+,13?/m11/s1. The lowest BCUT2D eigenvalue weighted by Gasteiger charge is -2.43. The zero-order chi connectivity index (χ0) is 32.3. The molecule has 42 heavy (non-hydrogen) atoms. The molecule has 2 heterocycles. The van der Waals surface area contributed by atoms with E-state index < -0.39 is 103 Å². The van der Waals surface area contributed by atoms with Gasteiger partial charge in [0.25, 0.3) is 0 Å². The number of esters is 6. The summed E-state index contributed by atoms with van der Waals surface area (Å²) in [6.07, 6.45) is -7.41. The van der Waals surface area contributed by atoms with Gasteiger partial charge in [-0.15, -0.1) is 0 Å².